The zero-order valence-corrected chi connectivity index (χ0v) is 11.4. The maximum Gasteiger partial charge on any atom is 0.317 e. The van der Waals surface area contributed by atoms with Crippen molar-refractivity contribution in [2.75, 3.05) is 26.2 Å². The van der Waals surface area contributed by atoms with Crippen molar-refractivity contribution in [3.05, 3.63) is 18.2 Å². The zero-order valence-electron chi connectivity index (χ0n) is 11.4. The van der Waals surface area contributed by atoms with Gasteiger partial charge in [-0.25, -0.2) is 4.98 Å². The van der Waals surface area contributed by atoms with Gasteiger partial charge in [0, 0.05) is 26.3 Å². The Bertz CT molecular complexity index is 419. The van der Waals surface area contributed by atoms with Crippen LogP contribution in [-0.2, 0) is 18.4 Å². The van der Waals surface area contributed by atoms with E-state index in [2.05, 4.69) is 15.2 Å². The van der Waals surface area contributed by atoms with Crippen LogP contribution in [0.5, 0.6) is 0 Å². The number of nitrogens with zero attached hydrogens (tertiary/aromatic N) is 3. The van der Waals surface area contributed by atoms with Crippen LogP contribution in [0.25, 0.3) is 0 Å². The van der Waals surface area contributed by atoms with E-state index in [0.29, 0.717) is 5.92 Å². The van der Waals surface area contributed by atoms with Gasteiger partial charge in [-0.1, -0.05) is 0 Å². The summed E-state index contributed by atoms with van der Waals surface area (Å²) >= 11 is 0. The van der Waals surface area contributed by atoms with Gasteiger partial charge < -0.3 is 15.0 Å². The monoisotopic (exact) mass is 266 g/mol. The van der Waals surface area contributed by atoms with Crippen LogP contribution in [0.2, 0.25) is 0 Å². The third-order valence-electron chi connectivity index (χ3n) is 3.61. The highest BCUT2D eigenvalue weighted by Crippen LogP contribution is 2.17. The summed E-state index contributed by atoms with van der Waals surface area (Å²) in [5.74, 6) is -0.246. The minimum atomic E-state index is -0.789. The van der Waals surface area contributed by atoms with Gasteiger partial charge in [0.25, 0.3) is 0 Å². The van der Waals surface area contributed by atoms with Crippen molar-refractivity contribution in [1.29, 1.82) is 0 Å². The minimum Gasteiger partial charge on any atom is -0.480 e. The van der Waals surface area contributed by atoms with E-state index in [1.807, 2.05) is 24.1 Å². The Kier molecular flexibility index (Phi) is 4.93. The quantitative estimate of drug-likeness (QED) is 0.775. The molecule has 2 heterocycles. The van der Waals surface area contributed by atoms with Crippen molar-refractivity contribution in [1.82, 2.24) is 19.8 Å². The summed E-state index contributed by atoms with van der Waals surface area (Å²) in [7, 11) is 2.01. The van der Waals surface area contributed by atoms with Crippen molar-refractivity contribution in [3.63, 3.8) is 0 Å². The number of aliphatic carboxylic acids is 1. The summed E-state index contributed by atoms with van der Waals surface area (Å²) in [5.41, 5.74) is 1.22. The lowest BCUT2D eigenvalue weighted by Gasteiger charge is -2.32. The van der Waals surface area contributed by atoms with Crippen LogP contribution in [0, 0.1) is 5.92 Å². The number of carboxylic acid groups (broad SMARTS) is 1. The molecule has 2 N–H and O–H groups in total. The largest absolute Gasteiger partial charge is 0.480 e. The standard InChI is InChI=1S/C13H22N4O2/c1-16-10-15-6-12(16)9-17-4-2-3-11(8-17)5-14-7-13(18)19/h6,10-11,14H,2-5,7-9H2,1H3,(H,18,19). The number of carboxylic acids is 1. The lowest BCUT2D eigenvalue weighted by Crippen LogP contribution is -2.40. The van der Waals surface area contributed by atoms with Crippen molar-refractivity contribution in [3.8, 4) is 0 Å². The number of imidazole rings is 1. The summed E-state index contributed by atoms with van der Waals surface area (Å²) in [4.78, 5) is 17.0. The molecular formula is C13H22N4O2. The zero-order chi connectivity index (χ0) is 13.7. The second-order valence-corrected chi connectivity index (χ2v) is 5.26. The van der Waals surface area contributed by atoms with Gasteiger partial charge in [0.05, 0.1) is 18.6 Å². The molecule has 0 aliphatic carbocycles. The molecule has 0 radical (unpaired) electrons. The van der Waals surface area contributed by atoms with E-state index in [-0.39, 0.29) is 6.54 Å². The van der Waals surface area contributed by atoms with E-state index in [4.69, 9.17) is 5.11 Å². The molecule has 1 aromatic rings. The maximum absolute atomic E-state index is 10.5. The average molecular weight is 266 g/mol. The minimum absolute atomic E-state index is 0.0538. The molecular weight excluding hydrogens is 244 g/mol. The van der Waals surface area contributed by atoms with E-state index in [1.54, 1.807) is 0 Å². The third kappa shape index (κ3) is 4.33. The molecule has 0 bridgehead atoms. The topological polar surface area (TPSA) is 70.4 Å². The van der Waals surface area contributed by atoms with Gasteiger partial charge in [0.15, 0.2) is 0 Å². The van der Waals surface area contributed by atoms with Gasteiger partial charge in [-0.2, -0.15) is 0 Å². The molecule has 1 aliphatic rings. The molecule has 1 fully saturated rings. The van der Waals surface area contributed by atoms with Gasteiger partial charge >= 0.3 is 5.97 Å². The van der Waals surface area contributed by atoms with Crippen LogP contribution in [0.15, 0.2) is 12.5 Å². The summed E-state index contributed by atoms with van der Waals surface area (Å²) in [6, 6.07) is 0. The lowest BCUT2D eigenvalue weighted by molar-refractivity contribution is -0.136. The normalized spacial score (nSPS) is 20.6. The number of piperidine rings is 1. The number of hydrogen-bond acceptors (Lipinski definition) is 4. The van der Waals surface area contributed by atoms with Gasteiger partial charge in [-0.3, -0.25) is 9.69 Å². The summed E-state index contributed by atoms with van der Waals surface area (Å²) in [6.45, 7) is 3.90. The fraction of sp³-hybridized carbons (Fsp3) is 0.692. The molecule has 0 amide bonds. The van der Waals surface area contributed by atoms with Gasteiger partial charge in [0.2, 0.25) is 0 Å². The number of hydrogen-bond donors (Lipinski definition) is 2. The summed E-state index contributed by atoms with van der Waals surface area (Å²) in [5, 5.41) is 11.6. The van der Waals surface area contributed by atoms with E-state index < -0.39 is 5.97 Å². The molecule has 1 aromatic heterocycles. The number of aromatic nitrogens is 2. The number of aryl methyl sites for hydroxylation is 1. The SMILES string of the molecule is Cn1cncc1CN1CCCC(CNCC(=O)O)C1. The molecule has 0 aromatic carbocycles. The first-order chi connectivity index (χ1) is 9.15. The molecule has 106 valence electrons. The highest BCUT2D eigenvalue weighted by atomic mass is 16.4. The molecule has 1 saturated heterocycles. The highest BCUT2D eigenvalue weighted by Gasteiger charge is 2.20. The molecule has 19 heavy (non-hydrogen) atoms. The Morgan fingerprint density at radius 1 is 1.63 bits per heavy atom. The number of nitrogens with one attached hydrogen (secondary N) is 1. The molecule has 6 heteroatoms. The Morgan fingerprint density at radius 2 is 2.47 bits per heavy atom. The fourth-order valence-corrected chi connectivity index (χ4v) is 2.61. The Morgan fingerprint density at radius 3 is 3.16 bits per heavy atom. The van der Waals surface area contributed by atoms with Gasteiger partial charge in [-0.05, 0) is 31.8 Å². The first-order valence-corrected chi connectivity index (χ1v) is 6.75. The third-order valence-corrected chi connectivity index (χ3v) is 3.61. The van der Waals surface area contributed by atoms with Crippen LogP contribution in [-0.4, -0.2) is 51.7 Å². The van der Waals surface area contributed by atoms with Crippen LogP contribution >= 0.6 is 0 Å². The van der Waals surface area contributed by atoms with E-state index in [0.717, 1.165) is 26.2 Å². The van der Waals surface area contributed by atoms with Gasteiger partial charge in [-0.15, -0.1) is 0 Å². The lowest BCUT2D eigenvalue weighted by atomic mass is 9.98. The fourth-order valence-electron chi connectivity index (χ4n) is 2.61. The molecule has 1 aliphatic heterocycles. The molecule has 0 saturated carbocycles. The van der Waals surface area contributed by atoms with E-state index >= 15 is 0 Å². The summed E-state index contributed by atoms with van der Waals surface area (Å²) < 4.78 is 2.05. The Balaban J connectivity index is 1.77. The molecule has 6 nitrogen and oxygen atoms in total. The van der Waals surface area contributed by atoms with E-state index in [1.165, 1.54) is 18.5 Å². The van der Waals surface area contributed by atoms with Crippen LogP contribution < -0.4 is 5.32 Å². The van der Waals surface area contributed by atoms with Gasteiger partial charge in [0.1, 0.15) is 0 Å². The predicted molar refractivity (Wildman–Crippen MR) is 71.7 cm³/mol. The van der Waals surface area contributed by atoms with Crippen LogP contribution in [0.4, 0.5) is 0 Å². The molecule has 1 unspecified atom stereocenters. The Labute approximate surface area is 113 Å². The molecule has 2 rings (SSSR count). The van der Waals surface area contributed by atoms with Crippen molar-refractivity contribution < 1.29 is 9.90 Å². The predicted octanol–water partition coefficient (Wildman–Crippen LogP) is 0.306. The van der Waals surface area contributed by atoms with Crippen molar-refractivity contribution in [2.45, 2.75) is 19.4 Å². The Hall–Kier alpha value is -1.40. The maximum atomic E-state index is 10.5. The average Bonchev–Trinajstić information content (AvgIpc) is 2.75. The second kappa shape index (κ2) is 6.68. The van der Waals surface area contributed by atoms with Crippen LogP contribution in [0.1, 0.15) is 18.5 Å². The highest BCUT2D eigenvalue weighted by molar-refractivity contribution is 5.68. The smallest absolute Gasteiger partial charge is 0.317 e. The number of carbonyl (C=O) groups is 1. The van der Waals surface area contributed by atoms with Crippen LogP contribution in [0.3, 0.4) is 0 Å². The van der Waals surface area contributed by atoms with E-state index in [9.17, 15) is 4.79 Å². The first kappa shape index (κ1) is 14.0. The number of likely N-dealkylation sites (tertiary alicyclic amines) is 1. The van der Waals surface area contributed by atoms with Crippen molar-refractivity contribution >= 4 is 5.97 Å². The second-order valence-electron chi connectivity index (χ2n) is 5.26. The first-order valence-electron chi connectivity index (χ1n) is 6.75. The summed E-state index contributed by atoms with van der Waals surface area (Å²) in [6.07, 6.45) is 6.09. The molecule has 0 spiro atoms. The molecule has 1 atom stereocenters. The van der Waals surface area contributed by atoms with Crippen molar-refractivity contribution in [2.24, 2.45) is 13.0 Å². The number of rotatable bonds is 6.